The number of hydrogen-bond donors (Lipinski definition) is 2. The Kier molecular flexibility index (Phi) is 2.92. The Balaban J connectivity index is 2.05. The van der Waals surface area contributed by atoms with Crippen molar-refractivity contribution in [2.45, 2.75) is 19.3 Å². The van der Waals surface area contributed by atoms with Gasteiger partial charge in [-0.15, -0.1) is 0 Å². The van der Waals surface area contributed by atoms with Crippen molar-refractivity contribution < 1.29 is 8.42 Å². The molecule has 0 radical (unpaired) electrons. The SMILES string of the molecule is O=S(=O)(Nc1cn[nH]c1)N1CCCCC1. The van der Waals surface area contributed by atoms with Gasteiger partial charge < -0.3 is 0 Å². The number of piperidine rings is 1. The van der Waals surface area contributed by atoms with Gasteiger partial charge in [-0.05, 0) is 12.8 Å². The fraction of sp³-hybridized carbons (Fsp3) is 0.625. The monoisotopic (exact) mass is 230 g/mol. The summed E-state index contributed by atoms with van der Waals surface area (Å²) >= 11 is 0. The first-order valence-electron chi connectivity index (χ1n) is 4.95. The minimum absolute atomic E-state index is 0.473. The van der Waals surface area contributed by atoms with Crippen molar-refractivity contribution in [3.63, 3.8) is 0 Å². The zero-order chi connectivity index (χ0) is 10.7. The zero-order valence-electron chi connectivity index (χ0n) is 8.31. The highest BCUT2D eigenvalue weighted by atomic mass is 32.2. The summed E-state index contributed by atoms with van der Waals surface area (Å²) in [5, 5.41) is 6.24. The average molecular weight is 230 g/mol. The molecule has 0 saturated carbocycles. The van der Waals surface area contributed by atoms with Crippen LogP contribution in [0.5, 0.6) is 0 Å². The molecule has 0 atom stereocenters. The molecule has 0 amide bonds. The molecule has 1 aliphatic heterocycles. The molecule has 84 valence electrons. The van der Waals surface area contributed by atoms with E-state index in [4.69, 9.17) is 0 Å². The second-order valence-corrected chi connectivity index (χ2v) is 5.22. The van der Waals surface area contributed by atoms with Crippen molar-refractivity contribution in [3.8, 4) is 0 Å². The van der Waals surface area contributed by atoms with Crippen molar-refractivity contribution in [2.24, 2.45) is 0 Å². The molecular weight excluding hydrogens is 216 g/mol. The molecule has 0 aromatic carbocycles. The van der Waals surface area contributed by atoms with E-state index in [1.807, 2.05) is 0 Å². The number of hydrogen-bond acceptors (Lipinski definition) is 3. The Morgan fingerprint density at radius 2 is 2.07 bits per heavy atom. The van der Waals surface area contributed by atoms with Crippen molar-refractivity contribution in [2.75, 3.05) is 17.8 Å². The number of aromatic amines is 1. The minimum Gasteiger partial charge on any atom is -0.284 e. The van der Waals surface area contributed by atoms with E-state index < -0.39 is 10.2 Å². The maximum Gasteiger partial charge on any atom is 0.301 e. The Morgan fingerprint density at radius 3 is 2.67 bits per heavy atom. The molecule has 2 rings (SSSR count). The standard InChI is InChI=1S/C8H14N4O2S/c13-15(14,11-8-6-9-10-7-8)12-4-2-1-3-5-12/h6-7,11H,1-5H2,(H,9,10). The summed E-state index contributed by atoms with van der Waals surface area (Å²) in [6, 6.07) is 0. The van der Waals surface area contributed by atoms with Crippen molar-refractivity contribution >= 4 is 15.9 Å². The van der Waals surface area contributed by atoms with E-state index in [0.717, 1.165) is 19.3 Å². The second kappa shape index (κ2) is 4.19. The number of nitrogens with zero attached hydrogens (tertiary/aromatic N) is 2. The molecule has 0 unspecified atom stereocenters. The van der Waals surface area contributed by atoms with Crippen LogP contribution >= 0.6 is 0 Å². The van der Waals surface area contributed by atoms with E-state index >= 15 is 0 Å². The molecular formula is C8H14N4O2S. The van der Waals surface area contributed by atoms with Gasteiger partial charge in [0.1, 0.15) is 0 Å². The number of nitrogens with one attached hydrogen (secondary N) is 2. The molecule has 1 aromatic rings. The van der Waals surface area contributed by atoms with Crippen LogP contribution < -0.4 is 4.72 Å². The summed E-state index contributed by atoms with van der Waals surface area (Å²) in [5.74, 6) is 0. The molecule has 2 N–H and O–H groups in total. The highest BCUT2D eigenvalue weighted by Crippen LogP contribution is 2.15. The van der Waals surface area contributed by atoms with Crippen LogP contribution in [0.3, 0.4) is 0 Å². The first-order chi connectivity index (χ1) is 7.18. The summed E-state index contributed by atoms with van der Waals surface area (Å²) < 4.78 is 27.6. The van der Waals surface area contributed by atoms with Gasteiger partial charge in [-0.3, -0.25) is 9.82 Å². The van der Waals surface area contributed by atoms with E-state index in [-0.39, 0.29) is 0 Å². The van der Waals surface area contributed by atoms with Crippen LogP contribution in [0.15, 0.2) is 12.4 Å². The molecule has 0 bridgehead atoms. The fourth-order valence-corrected chi connectivity index (χ4v) is 2.90. The maximum absolute atomic E-state index is 11.8. The Labute approximate surface area is 88.9 Å². The largest absolute Gasteiger partial charge is 0.301 e. The summed E-state index contributed by atoms with van der Waals surface area (Å²) in [6.45, 7) is 1.21. The Morgan fingerprint density at radius 1 is 1.33 bits per heavy atom. The van der Waals surface area contributed by atoms with Crippen LogP contribution in [-0.4, -0.2) is 36.0 Å². The normalized spacial score (nSPS) is 18.9. The molecule has 7 heteroatoms. The van der Waals surface area contributed by atoms with Gasteiger partial charge in [0.15, 0.2) is 0 Å². The topological polar surface area (TPSA) is 78.1 Å². The zero-order valence-corrected chi connectivity index (χ0v) is 9.13. The fourth-order valence-electron chi connectivity index (χ4n) is 1.63. The highest BCUT2D eigenvalue weighted by Gasteiger charge is 2.23. The maximum atomic E-state index is 11.8. The summed E-state index contributed by atoms with van der Waals surface area (Å²) in [7, 11) is -3.38. The molecule has 2 heterocycles. The van der Waals surface area contributed by atoms with Gasteiger partial charge >= 0.3 is 10.2 Å². The first-order valence-corrected chi connectivity index (χ1v) is 6.39. The predicted octanol–water partition coefficient (Wildman–Crippen LogP) is 0.552. The van der Waals surface area contributed by atoms with E-state index in [9.17, 15) is 8.42 Å². The lowest BCUT2D eigenvalue weighted by atomic mass is 10.2. The smallest absolute Gasteiger partial charge is 0.284 e. The predicted molar refractivity (Wildman–Crippen MR) is 56.6 cm³/mol. The molecule has 1 saturated heterocycles. The number of rotatable bonds is 3. The van der Waals surface area contributed by atoms with Crippen LogP contribution in [0.25, 0.3) is 0 Å². The number of H-pyrrole nitrogens is 1. The van der Waals surface area contributed by atoms with Crippen LogP contribution in [-0.2, 0) is 10.2 Å². The van der Waals surface area contributed by atoms with Gasteiger partial charge in [-0.25, -0.2) is 0 Å². The Hall–Kier alpha value is -1.08. The van der Waals surface area contributed by atoms with Crippen molar-refractivity contribution in [1.82, 2.24) is 14.5 Å². The molecule has 1 aromatic heterocycles. The number of aromatic nitrogens is 2. The van der Waals surface area contributed by atoms with E-state index in [2.05, 4.69) is 14.9 Å². The van der Waals surface area contributed by atoms with Crippen LogP contribution in [0, 0.1) is 0 Å². The first kappa shape index (κ1) is 10.4. The lowest BCUT2D eigenvalue weighted by molar-refractivity contribution is 0.349. The van der Waals surface area contributed by atoms with Crippen LogP contribution in [0.4, 0.5) is 5.69 Å². The highest BCUT2D eigenvalue weighted by molar-refractivity contribution is 7.90. The quantitative estimate of drug-likeness (QED) is 0.796. The Bertz CT molecular complexity index is 394. The van der Waals surface area contributed by atoms with Crippen LogP contribution in [0.2, 0.25) is 0 Å². The minimum atomic E-state index is -3.38. The third-order valence-corrected chi connectivity index (χ3v) is 3.94. The molecule has 0 spiro atoms. The van der Waals surface area contributed by atoms with Gasteiger partial charge in [-0.2, -0.15) is 17.8 Å². The molecule has 0 aliphatic carbocycles. The summed E-state index contributed by atoms with van der Waals surface area (Å²) in [4.78, 5) is 0. The van der Waals surface area contributed by atoms with Gasteiger partial charge in [-0.1, -0.05) is 6.42 Å². The summed E-state index contributed by atoms with van der Waals surface area (Å²) in [5.41, 5.74) is 0.473. The van der Waals surface area contributed by atoms with E-state index in [0.29, 0.717) is 18.8 Å². The third-order valence-electron chi connectivity index (χ3n) is 2.40. The van der Waals surface area contributed by atoms with Crippen LogP contribution in [0.1, 0.15) is 19.3 Å². The lowest BCUT2D eigenvalue weighted by Crippen LogP contribution is -2.39. The third kappa shape index (κ3) is 2.48. The van der Waals surface area contributed by atoms with Crippen molar-refractivity contribution in [1.29, 1.82) is 0 Å². The van der Waals surface area contributed by atoms with Gasteiger partial charge in [0, 0.05) is 19.3 Å². The molecule has 15 heavy (non-hydrogen) atoms. The summed E-state index contributed by atoms with van der Waals surface area (Å²) in [6.07, 6.45) is 5.94. The van der Waals surface area contributed by atoms with E-state index in [1.54, 1.807) is 0 Å². The van der Waals surface area contributed by atoms with Crippen molar-refractivity contribution in [3.05, 3.63) is 12.4 Å². The lowest BCUT2D eigenvalue weighted by Gasteiger charge is -2.25. The average Bonchev–Trinajstić information content (AvgIpc) is 2.71. The molecule has 1 aliphatic rings. The second-order valence-electron chi connectivity index (χ2n) is 3.55. The molecule has 1 fully saturated rings. The van der Waals surface area contributed by atoms with Gasteiger partial charge in [0.05, 0.1) is 11.9 Å². The van der Waals surface area contributed by atoms with Gasteiger partial charge in [0.25, 0.3) is 0 Å². The van der Waals surface area contributed by atoms with E-state index in [1.165, 1.54) is 16.7 Å². The number of anilines is 1. The molecule has 6 nitrogen and oxygen atoms in total. The van der Waals surface area contributed by atoms with Gasteiger partial charge in [0.2, 0.25) is 0 Å².